The molecule has 0 atom stereocenters. The van der Waals surface area contributed by atoms with E-state index in [1.54, 1.807) is 0 Å². The molecule has 3 nitrogen and oxygen atoms in total. The Kier molecular flexibility index (Phi) is 1.98. The van der Waals surface area contributed by atoms with Gasteiger partial charge in [-0.15, -0.1) is 0 Å². The van der Waals surface area contributed by atoms with Gasteiger partial charge in [0.25, 0.3) is 0 Å². The SMILES string of the molecule is c1ccc2[nH]c(-c3cccc4nsnc34)cc2c1. The lowest BCUT2D eigenvalue weighted by atomic mass is 10.1. The molecule has 0 spiro atoms. The summed E-state index contributed by atoms with van der Waals surface area (Å²) in [5.74, 6) is 0. The molecule has 0 aliphatic rings. The van der Waals surface area contributed by atoms with Crippen LogP contribution in [0.25, 0.3) is 33.2 Å². The monoisotopic (exact) mass is 251 g/mol. The summed E-state index contributed by atoms with van der Waals surface area (Å²) < 4.78 is 8.65. The summed E-state index contributed by atoms with van der Waals surface area (Å²) in [4.78, 5) is 3.43. The van der Waals surface area contributed by atoms with Crippen LogP contribution in [0.15, 0.2) is 48.5 Å². The Bertz CT molecular complexity index is 811. The fraction of sp³-hybridized carbons (Fsp3) is 0. The molecule has 4 aromatic rings. The Balaban J connectivity index is 2.04. The quantitative estimate of drug-likeness (QED) is 0.558. The van der Waals surface area contributed by atoms with E-state index < -0.39 is 0 Å². The maximum Gasteiger partial charge on any atom is 0.114 e. The summed E-state index contributed by atoms with van der Waals surface area (Å²) in [6.45, 7) is 0. The van der Waals surface area contributed by atoms with E-state index in [-0.39, 0.29) is 0 Å². The van der Waals surface area contributed by atoms with Gasteiger partial charge in [0.2, 0.25) is 0 Å². The standard InChI is InChI=1S/C14H9N3S/c1-2-6-11-9(4-1)8-13(15-11)10-5-3-7-12-14(10)17-18-16-12/h1-8,15H. The van der Waals surface area contributed by atoms with Gasteiger partial charge in [0, 0.05) is 22.2 Å². The van der Waals surface area contributed by atoms with Crippen LogP contribution in [0.4, 0.5) is 0 Å². The van der Waals surface area contributed by atoms with E-state index in [9.17, 15) is 0 Å². The van der Waals surface area contributed by atoms with E-state index in [4.69, 9.17) is 0 Å². The molecule has 4 rings (SSSR count). The van der Waals surface area contributed by atoms with Gasteiger partial charge in [0.1, 0.15) is 11.0 Å². The zero-order chi connectivity index (χ0) is 11.9. The number of benzene rings is 2. The van der Waals surface area contributed by atoms with Crippen molar-refractivity contribution in [1.29, 1.82) is 0 Å². The number of rotatable bonds is 1. The van der Waals surface area contributed by atoms with E-state index in [0.717, 1.165) is 27.8 Å². The predicted molar refractivity (Wildman–Crippen MR) is 74.7 cm³/mol. The lowest BCUT2D eigenvalue weighted by Gasteiger charge is -1.97. The first-order valence-corrected chi connectivity index (χ1v) is 6.44. The highest BCUT2D eigenvalue weighted by molar-refractivity contribution is 7.00. The Morgan fingerprint density at radius 3 is 2.83 bits per heavy atom. The molecule has 0 bridgehead atoms. The van der Waals surface area contributed by atoms with Crippen molar-refractivity contribution >= 4 is 33.7 Å². The highest BCUT2D eigenvalue weighted by atomic mass is 32.1. The molecule has 0 fully saturated rings. The van der Waals surface area contributed by atoms with Gasteiger partial charge in [-0.25, -0.2) is 0 Å². The maximum atomic E-state index is 4.38. The number of hydrogen-bond acceptors (Lipinski definition) is 3. The minimum absolute atomic E-state index is 0.955. The lowest BCUT2D eigenvalue weighted by Crippen LogP contribution is -1.79. The Labute approximate surface area is 107 Å². The van der Waals surface area contributed by atoms with Gasteiger partial charge in [-0.2, -0.15) is 8.75 Å². The van der Waals surface area contributed by atoms with Gasteiger partial charge in [-0.05, 0) is 18.2 Å². The van der Waals surface area contributed by atoms with Crippen molar-refractivity contribution in [3.63, 3.8) is 0 Å². The number of nitrogens with one attached hydrogen (secondary N) is 1. The summed E-state index contributed by atoms with van der Waals surface area (Å²) in [6, 6.07) is 16.5. The van der Waals surface area contributed by atoms with Crippen LogP contribution in [-0.2, 0) is 0 Å². The van der Waals surface area contributed by atoms with Crippen LogP contribution in [0, 0.1) is 0 Å². The minimum atomic E-state index is 0.955. The molecule has 18 heavy (non-hydrogen) atoms. The zero-order valence-electron chi connectivity index (χ0n) is 9.42. The molecule has 0 unspecified atom stereocenters. The molecule has 2 aromatic heterocycles. The Morgan fingerprint density at radius 1 is 0.944 bits per heavy atom. The first-order chi connectivity index (χ1) is 8.92. The van der Waals surface area contributed by atoms with E-state index in [2.05, 4.69) is 38.0 Å². The van der Waals surface area contributed by atoms with E-state index in [0.29, 0.717) is 0 Å². The number of aromatic nitrogens is 3. The molecule has 0 saturated carbocycles. The third-order valence-electron chi connectivity index (χ3n) is 3.11. The number of nitrogens with zero attached hydrogens (tertiary/aromatic N) is 2. The summed E-state index contributed by atoms with van der Waals surface area (Å²) in [5, 5.41) is 1.22. The van der Waals surface area contributed by atoms with Gasteiger partial charge in [0.15, 0.2) is 0 Å². The first kappa shape index (κ1) is 9.79. The summed E-state index contributed by atoms with van der Waals surface area (Å²) in [7, 11) is 0. The molecule has 2 heterocycles. The largest absolute Gasteiger partial charge is 0.354 e. The number of fused-ring (bicyclic) bond motifs is 2. The molecule has 0 aliphatic heterocycles. The number of hydrogen-bond donors (Lipinski definition) is 1. The zero-order valence-corrected chi connectivity index (χ0v) is 10.2. The van der Waals surface area contributed by atoms with Gasteiger partial charge in [-0.1, -0.05) is 30.3 Å². The molecule has 86 valence electrons. The van der Waals surface area contributed by atoms with Crippen molar-refractivity contribution in [1.82, 2.24) is 13.7 Å². The second-order valence-corrected chi connectivity index (χ2v) is 4.74. The average Bonchev–Trinajstić information content (AvgIpc) is 3.04. The van der Waals surface area contributed by atoms with Crippen LogP contribution >= 0.6 is 11.7 Å². The molecule has 0 saturated heterocycles. The summed E-state index contributed by atoms with van der Waals surface area (Å²) in [5.41, 5.74) is 5.27. The van der Waals surface area contributed by atoms with Crippen LogP contribution in [0.5, 0.6) is 0 Å². The van der Waals surface area contributed by atoms with Crippen molar-refractivity contribution < 1.29 is 0 Å². The summed E-state index contributed by atoms with van der Waals surface area (Å²) in [6.07, 6.45) is 0. The molecule has 4 heteroatoms. The number of aromatic amines is 1. The number of H-pyrrole nitrogens is 1. The lowest BCUT2D eigenvalue weighted by molar-refractivity contribution is 1.46. The van der Waals surface area contributed by atoms with Gasteiger partial charge < -0.3 is 4.98 Å². The van der Waals surface area contributed by atoms with E-state index in [1.165, 1.54) is 17.1 Å². The van der Waals surface area contributed by atoms with Crippen molar-refractivity contribution in [2.24, 2.45) is 0 Å². The third kappa shape index (κ3) is 1.36. The predicted octanol–water partition coefficient (Wildman–Crippen LogP) is 3.84. The maximum absolute atomic E-state index is 4.38. The fourth-order valence-electron chi connectivity index (χ4n) is 2.24. The highest BCUT2D eigenvalue weighted by Crippen LogP contribution is 2.29. The minimum Gasteiger partial charge on any atom is -0.354 e. The Morgan fingerprint density at radius 2 is 1.89 bits per heavy atom. The normalized spacial score (nSPS) is 11.3. The molecular formula is C14H9N3S. The molecule has 0 aliphatic carbocycles. The number of para-hydroxylation sites is 1. The Hall–Kier alpha value is -2.20. The third-order valence-corrected chi connectivity index (χ3v) is 3.65. The topological polar surface area (TPSA) is 41.6 Å². The van der Waals surface area contributed by atoms with E-state index in [1.807, 2.05) is 24.3 Å². The average molecular weight is 251 g/mol. The second-order valence-electron chi connectivity index (χ2n) is 4.21. The van der Waals surface area contributed by atoms with Gasteiger partial charge >= 0.3 is 0 Å². The van der Waals surface area contributed by atoms with Crippen LogP contribution < -0.4 is 0 Å². The van der Waals surface area contributed by atoms with E-state index >= 15 is 0 Å². The molecule has 0 amide bonds. The van der Waals surface area contributed by atoms with Gasteiger partial charge in [-0.3, -0.25) is 0 Å². The molecule has 2 aromatic carbocycles. The van der Waals surface area contributed by atoms with Crippen molar-refractivity contribution in [2.75, 3.05) is 0 Å². The van der Waals surface area contributed by atoms with Crippen LogP contribution in [0.2, 0.25) is 0 Å². The van der Waals surface area contributed by atoms with Crippen LogP contribution in [0.3, 0.4) is 0 Å². The summed E-state index contributed by atoms with van der Waals surface area (Å²) >= 11 is 1.25. The van der Waals surface area contributed by atoms with Gasteiger partial charge in [0.05, 0.1) is 11.7 Å². The van der Waals surface area contributed by atoms with Crippen LogP contribution in [0.1, 0.15) is 0 Å². The fourth-order valence-corrected chi connectivity index (χ4v) is 2.79. The van der Waals surface area contributed by atoms with Crippen LogP contribution in [-0.4, -0.2) is 13.7 Å². The molecular weight excluding hydrogens is 242 g/mol. The first-order valence-electron chi connectivity index (χ1n) is 5.71. The second kappa shape index (κ2) is 3.65. The smallest absolute Gasteiger partial charge is 0.114 e. The van der Waals surface area contributed by atoms with Crippen molar-refractivity contribution in [3.8, 4) is 11.3 Å². The molecule has 1 N–H and O–H groups in total. The molecule has 0 radical (unpaired) electrons. The van der Waals surface area contributed by atoms with Crippen molar-refractivity contribution in [3.05, 3.63) is 48.5 Å². The van der Waals surface area contributed by atoms with Crippen molar-refractivity contribution in [2.45, 2.75) is 0 Å². The highest BCUT2D eigenvalue weighted by Gasteiger charge is 2.09.